The Balaban J connectivity index is 2.04. The maximum atomic E-state index is 14.0. The number of hydrogen-bond donors (Lipinski definition) is 1. The normalized spacial score (nSPS) is 10.7. The number of amides is 1. The number of nitrogens with zero attached hydrogens (tertiary/aromatic N) is 2. The second-order valence-corrected chi connectivity index (χ2v) is 5.03. The highest BCUT2D eigenvalue weighted by Gasteiger charge is 2.09. The van der Waals surface area contributed by atoms with E-state index in [1.165, 1.54) is 12.1 Å². The number of hydrogen-bond acceptors (Lipinski definition) is 3. The number of aromatic nitrogens is 2. The lowest BCUT2D eigenvalue weighted by Gasteiger charge is -2.11. The smallest absolute Gasteiger partial charge is 0.258 e. The lowest BCUT2D eigenvalue weighted by molar-refractivity contribution is -0.123. The molecular weight excluding hydrogens is 273 g/mol. The molecule has 6 heteroatoms. The van der Waals surface area contributed by atoms with Crippen molar-refractivity contribution in [2.24, 2.45) is 0 Å². The van der Waals surface area contributed by atoms with Crippen LogP contribution in [0.5, 0.6) is 5.75 Å². The number of carbonyl (C=O) groups excluding carboxylic acids is 1. The molecule has 2 rings (SSSR count). The van der Waals surface area contributed by atoms with E-state index in [0.29, 0.717) is 5.69 Å². The maximum Gasteiger partial charge on any atom is 0.258 e. The summed E-state index contributed by atoms with van der Waals surface area (Å²) in [7, 11) is 0. The van der Waals surface area contributed by atoms with Crippen LogP contribution in [0, 0.1) is 12.7 Å². The highest BCUT2D eigenvalue weighted by Crippen LogP contribution is 2.20. The fraction of sp³-hybridized carbons (Fsp3) is 0.333. The molecule has 21 heavy (non-hydrogen) atoms. The Morgan fingerprint density at radius 3 is 2.76 bits per heavy atom. The molecule has 0 saturated carbocycles. The van der Waals surface area contributed by atoms with Crippen molar-refractivity contribution in [3.05, 3.63) is 42.0 Å². The van der Waals surface area contributed by atoms with Crippen LogP contribution in [-0.2, 0) is 4.79 Å². The van der Waals surface area contributed by atoms with Crippen molar-refractivity contribution in [3.8, 4) is 11.4 Å². The second kappa shape index (κ2) is 6.39. The molecule has 0 radical (unpaired) electrons. The monoisotopic (exact) mass is 291 g/mol. The fourth-order valence-electron chi connectivity index (χ4n) is 1.82. The number of halogens is 1. The number of aryl methyl sites for hydroxylation is 1. The van der Waals surface area contributed by atoms with Crippen molar-refractivity contribution in [2.75, 3.05) is 6.61 Å². The van der Waals surface area contributed by atoms with Crippen LogP contribution in [0.1, 0.15) is 19.5 Å². The number of nitrogens with one attached hydrogen (secondary N) is 1. The van der Waals surface area contributed by atoms with Crippen LogP contribution < -0.4 is 10.1 Å². The highest BCUT2D eigenvalue weighted by atomic mass is 19.1. The van der Waals surface area contributed by atoms with Gasteiger partial charge in [-0.15, -0.1) is 0 Å². The Kier molecular flexibility index (Phi) is 4.57. The molecule has 1 heterocycles. The van der Waals surface area contributed by atoms with Gasteiger partial charge in [0.25, 0.3) is 5.91 Å². The molecule has 0 fully saturated rings. The summed E-state index contributed by atoms with van der Waals surface area (Å²) in [6.45, 7) is 5.34. The molecule has 0 saturated heterocycles. The lowest BCUT2D eigenvalue weighted by atomic mass is 10.3. The van der Waals surface area contributed by atoms with E-state index in [1.807, 2.05) is 26.8 Å². The number of rotatable bonds is 5. The van der Waals surface area contributed by atoms with Gasteiger partial charge in [-0.1, -0.05) is 0 Å². The van der Waals surface area contributed by atoms with E-state index in [1.54, 1.807) is 16.9 Å². The molecule has 0 bridgehead atoms. The Labute approximate surface area is 122 Å². The second-order valence-electron chi connectivity index (χ2n) is 5.03. The van der Waals surface area contributed by atoms with Crippen molar-refractivity contribution in [3.63, 3.8) is 0 Å². The summed E-state index contributed by atoms with van der Waals surface area (Å²) >= 11 is 0. The summed E-state index contributed by atoms with van der Waals surface area (Å²) in [5.41, 5.74) is 1.45. The summed E-state index contributed by atoms with van der Waals surface area (Å²) < 4.78 is 20.7. The molecule has 2 aromatic rings. The SMILES string of the molecule is Cc1ccn(-c2ccc(OCC(=O)NC(C)C)c(F)c2)n1. The standard InChI is InChI=1S/C15H18FN3O2/c1-10(2)17-15(20)9-21-14-5-4-12(8-13(14)16)19-7-6-11(3)18-19/h4-8,10H,9H2,1-3H3,(H,17,20). The summed E-state index contributed by atoms with van der Waals surface area (Å²) in [6, 6.07) is 6.35. The zero-order chi connectivity index (χ0) is 15.4. The van der Waals surface area contributed by atoms with E-state index in [-0.39, 0.29) is 24.3 Å². The maximum absolute atomic E-state index is 14.0. The van der Waals surface area contributed by atoms with E-state index in [4.69, 9.17) is 4.74 Å². The van der Waals surface area contributed by atoms with Crippen LogP contribution in [0.25, 0.3) is 5.69 Å². The van der Waals surface area contributed by atoms with Crippen molar-refractivity contribution >= 4 is 5.91 Å². The minimum Gasteiger partial charge on any atom is -0.481 e. The van der Waals surface area contributed by atoms with Crippen LogP contribution in [0.4, 0.5) is 4.39 Å². The molecule has 0 atom stereocenters. The number of ether oxygens (including phenoxy) is 1. The van der Waals surface area contributed by atoms with Gasteiger partial charge in [-0.25, -0.2) is 9.07 Å². The molecule has 0 spiro atoms. The topological polar surface area (TPSA) is 56.1 Å². The van der Waals surface area contributed by atoms with Crippen molar-refractivity contribution in [1.29, 1.82) is 0 Å². The summed E-state index contributed by atoms with van der Waals surface area (Å²) in [4.78, 5) is 11.5. The zero-order valence-electron chi connectivity index (χ0n) is 12.3. The Bertz CT molecular complexity index is 638. The Morgan fingerprint density at radius 1 is 1.43 bits per heavy atom. The lowest BCUT2D eigenvalue weighted by Crippen LogP contribution is -2.34. The first-order valence-electron chi connectivity index (χ1n) is 6.70. The fourth-order valence-corrected chi connectivity index (χ4v) is 1.82. The molecule has 0 aliphatic carbocycles. The van der Waals surface area contributed by atoms with Crippen LogP contribution in [0.15, 0.2) is 30.5 Å². The average molecular weight is 291 g/mol. The van der Waals surface area contributed by atoms with Gasteiger partial charge in [0, 0.05) is 18.3 Å². The molecule has 0 unspecified atom stereocenters. The molecule has 1 aromatic heterocycles. The predicted molar refractivity (Wildman–Crippen MR) is 77.0 cm³/mol. The van der Waals surface area contributed by atoms with Gasteiger partial charge in [0.2, 0.25) is 0 Å². The number of benzene rings is 1. The predicted octanol–water partition coefficient (Wildman–Crippen LogP) is 2.22. The summed E-state index contributed by atoms with van der Waals surface area (Å²) in [6.07, 6.45) is 1.75. The van der Waals surface area contributed by atoms with Gasteiger partial charge in [0.15, 0.2) is 18.2 Å². The van der Waals surface area contributed by atoms with E-state index >= 15 is 0 Å². The molecular formula is C15H18FN3O2. The minimum atomic E-state index is -0.530. The van der Waals surface area contributed by atoms with Crippen LogP contribution in [-0.4, -0.2) is 28.3 Å². The Hall–Kier alpha value is -2.37. The highest BCUT2D eigenvalue weighted by molar-refractivity contribution is 5.77. The van der Waals surface area contributed by atoms with E-state index in [9.17, 15) is 9.18 Å². The quantitative estimate of drug-likeness (QED) is 0.919. The summed E-state index contributed by atoms with van der Waals surface area (Å²) in [5.74, 6) is -0.768. The average Bonchev–Trinajstić information content (AvgIpc) is 2.83. The van der Waals surface area contributed by atoms with Gasteiger partial charge >= 0.3 is 0 Å². The van der Waals surface area contributed by atoms with E-state index < -0.39 is 5.82 Å². The molecule has 1 aromatic carbocycles. The zero-order valence-corrected chi connectivity index (χ0v) is 12.3. The van der Waals surface area contributed by atoms with Gasteiger partial charge < -0.3 is 10.1 Å². The van der Waals surface area contributed by atoms with E-state index in [0.717, 1.165) is 5.69 Å². The third kappa shape index (κ3) is 4.05. The van der Waals surface area contributed by atoms with Crippen molar-refractivity contribution in [1.82, 2.24) is 15.1 Å². The first-order valence-corrected chi connectivity index (χ1v) is 6.70. The van der Waals surface area contributed by atoms with Crippen molar-refractivity contribution in [2.45, 2.75) is 26.8 Å². The van der Waals surface area contributed by atoms with Gasteiger partial charge in [-0.05, 0) is 39.0 Å². The number of carbonyl (C=O) groups is 1. The first-order chi connectivity index (χ1) is 9.95. The third-order valence-corrected chi connectivity index (χ3v) is 2.71. The molecule has 0 aliphatic heterocycles. The Morgan fingerprint density at radius 2 is 2.19 bits per heavy atom. The molecule has 1 N–H and O–H groups in total. The van der Waals surface area contributed by atoms with Crippen LogP contribution in [0.3, 0.4) is 0 Å². The van der Waals surface area contributed by atoms with Gasteiger partial charge in [-0.3, -0.25) is 4.79 Å². The van der Waals surface area contributed by atoms with Gasteiger partial charge in [-0.2, -0.15) is 5.10 Å². The van der Waals surface area contributed by atoms with Crippen molar-refractivity contribution < 1.29 is 13.9 Å². The van der Waals surface area contributed by atoms with Crippen LogP contribution >= 0.6 is 0 Å². The molecule has 112 valence electrons. The minimum absolute atomic E-state index is 0.0244. The molecule has 0 aliphatic rings. The van der Waals surface area contributed by atoms with Crippen LogP contribution in [0.2, 0.25) is 0 Å². The first kappa shape index (κ1) is 15.0. The molecule has 5 nitrogen and oxygen atoms in total. The molecule has 1 amide bonds. The largest absolute Gasteiger partial charge is 0.481 e. The summed E-state index contributed by atoms with van der Waals surface area (Å²) in [5, 5.41) is 6.88. The van der Waals surface area contributed by atoms with Gasteiger partial charge in [0.1, 0.15) is 0 Å². The van der Waals surface area contributed by atoms with Gasteiger partial charge in [0.05, 0.1) is 11.4 Å². The third-order valence-electron chi connectivity index (χ3n) is 2.71. The van der Waals surface area contributed by atoms with E-state index in [2.05, 4.69) is 10.4 Å².